The number of aromatic amines is 1. The zero-order chi connectivity index (χ0) is 19.4. The Morgan fingerprint density at radius 2 is 1.89 bits per heavy atom. The number of piperidine rings is 1. The highest BCUT2D eigenvalue weighted by atomic mass is 16.2. The molecule has 0 aromatic carbocycles. The fourth-order valence-electron chi connectivity index (χ4n) is 4.10. The van der Waals surface area contributed by atoms with Crippen LogP contribution in [-0.4, -0.2) is 32.2 Å². The van der Waals surface area contributed by atoms with E-state index in [1.54, 1.807) is 7.05 Å². The molecule has 27 heavy (non-hydrogen) atoms. The van der Waals surface area contributed by atoms with Gasteiger partial charge in [-0.1, -0.05) is 46.0 Å². The number of imidazole rings is 1. The molecule has 0 bridgehead atoms. The third kappa shape index (κ3) is 4.28. The van der Waals surface area contributed by atoms with Crippen molar-refractivity contribution in [2.24, 2.45) is 13.0 Å². The summed E-state index contributed by atoms with van der Waals surface area (Å²) in [6.07, 6.45) is 9.56. The Hall–Kier alpha value is -2.05. The molecule has 0 spiro atoms. The Morgan fingerprint density at radius 1 is 1.15 bits per heavy atom. The molecule has 1 aliphatic heterocycles. The number of hydrogen-bond donors (Lipinski definition) is 1. The second-order valence-electron chi connectivity index (χ2n) is 8.02. The quantitative estimate of drug-likeness (QED) is 0.720. The second-order valence-corrected chi connectivity index (χ2v) is 8.02. The van der Waals surface area contributed by atoms with Crippen LogP contribution in [0.15, 0.2) is 9.59 Å². The maximum atomic E-state index is 12.6. The van der Waals surface area contributed by atoms with Crippen LogP contribution in [0, 0.1) is 5.92 Å². The number of aromatic nitrogens is 4. The van der Waals surface area contributed by atoms with Crippen molar-refractivity contribution >= 4 is 17.1 Å². The molecule has 0 saturated carbocycles. The number of nitrogens with zero attached hydrogens (tertiary/aromatic N) is 4. The van der Waals surface area contributed by atoms with Crippen LogP contribution in [0.4, 0.5) is 5.95 Å². The van der Waals surface area contributed by atoms with E-state index in [1.807, 2.05) is 4.57 Å². The van der Waals surface area contributed by atoms with E-state index in [2.05, 4.69) is 23.7 Å². The maximum absolute atomic E-state index is 12.6. The first-order valence-electron chi connectivity index (χ1n) is 10.5. The largest absolute Gasteiger partial charge is 0.342 e. The highest BCUT2D eigenvalue weighted by Crippen LogP contribution is 2.25. The van der Waals surface area contributed by atoms with Gasteiger partial charge in [0.1, 0.15) is 0 Å². The molecule has 0 amide bonds. The molecule has 7 nitrogen and oxygen atoms in total. The molecule has 1 fully saturated rings. The molecule has 1 N–H and O–H groups in total. The van der Waals surface area contributed by atoms with E-state index in [0.29, 0.717) is 17.1 Å². The van der Waals surface area contributed by atoms with Gasteiger partial charge in [0.25, 0.3) is 5.56 Å². The van der Waals surface area contributed by atoms with Gasteiger partial charge < -0.3 is 9.47 Å². The molecule has 0 aliphatic carbocycles. The van der Waals surface area contributed by atoms with E-state index < -0.39 is 5.69 Å². The zero-order valence-electron chi connectivity index (χ0n) is 17.0. The maximum Gasteiger partial charge on any atom is 0.329 e. The Morgan fingerprint density at radius 3 is 2.63 bits per heavy atom. The van der Waals surface area contributed by atoms with Gasteiger partial charge in [-0.15, -0.1) is 0 Å². The predicted octanol–water partition coefficient (Wildman–Crippen LogP) is 3.02. The van der Waals surface area contributed by atoms with Crippen LogP contribution in [0.25, 0.3) is 11.2 Å². The van der Waals surface area contributed by atoms with Gasteiger partial charge >= 0.3 is 5.69 Å². The van der Waals surface area contributed by atoms with Gasteiger partial charge in [0.05, 0.1) is 0 Å². The van der Waals surface area contributed by atoms with Gasteiger partial charge in [0.2, 0.25) is 5.95 Å². The molecular formula is C20H33N5O2. The van der Waals surface area contributed by atoms with Gasteiger partial charge in [-0.3, -0.25) is 14.3 Å². The number of rotatable bonds is 8. The lowest BCUT2D eigenvalue weighted by Gasteiger charge is -2.32. The summed E-state index contributed by atoms with van der Waals surface area (Å²) in [4.78, 5) is 34.0. The lowest BCUT2D eigenvalue weighted by Crippen LogP contribution is -2.36. The second kappa shape index (κ2) is 8.76. The average molecular weight is 376 g/mol. The minimum Gasteiger partial charge on any atom is -0.342 e. The third-order valence-corrected chi connectivity index (χ3v) is 5.66. The SMILES string of the molecule is CCCCCCCCn1c(N2CCC[C@@H](C)C2)nc2c1c(=O)[nH]c(=O)n2C. The molecule has 1 atom stereocenters. The standard InChI is InChI=1S/C20H33N5O2/c1-4-5-6-7-8-9-13-25-16-17(23(3)20(27)22-18(16)26)21-19(25)24-12-10-11-15(2)14-24/h15H,4-14H2,1-3H3,(H,22,26,27)/t15-/m1/s1. The van der Waals surface area contributed by atoms with Crippen molar-refractivity contribution in [1.29, 1.82) is 0 Å². The number of aryl methyl sites for hydroxylation is 2. The summed E-state index contributed by atoms with van der Waals surface area (Å²) < 4.78 is 3.50. The lowest BCUT2D eigenvalue weighted by molar-refractivity contribution is 0.436. The smallest absolute Gasteiger partial charge is 0.329 e. The first-order valence-corrected chi connectivity index (χ1v) is 10.5. The summed E-state index contributed by atoms with van der Waals surface area (Å²) in [7, 11) is 1.67. The van der Waals surface area contributed by atoms with E-state index in [1.165, 1.54) is 36.7 Å². The predicted molar refractivity (Wildman–Crippen MR) is 110 cm³/mol. The van der Waals surface area contributed by atoms with Crippen LogP contribution < -0.4 is 16.1 Å². The van der Waals surface area contributed by atoms with E-state index in [9.17, 15) is 9.59 Å². The van der Waals surface area contributed by atoms with Crippen LogP contribution in [0.2, 0.25) is 0 Å². The number of anilines is 1. The highest BCUT2D eigenvalue weighted by Gasteiger charge is 2.24. The van der Waals surface area contributed by atoms with Gasteiger partial charge in [-0.2, -0.15) is 4.98 Å². The lowest BCUT2D eigenvalue weighted by atomic mass is 10.0. The molecule has 3 heterocycles. The monoisotopic (exact) mass is 375 g/mol. The molecule has 1 aliphatic rings. The van der Waals surface area contributed by atoms with E-state index in [4.69, 9.17) is 4.98 Å². The average Bonchev–Trinajstić information content (AvgIpc) is 3.03. The minimum absolute atomic E-state index is 0.331. The molecule has 3 rings (SSSR count). The minimum atomic E-state index is -0.407. The van der Waals surface area contributed by atoms with Crippen LogP contribution >= 0.6 is 0 Å². The van der Waals surface area contributed by atoms with E-state index in [0.717, 1.165) is 44.8 Å². The summed E-state index contributed by atoms with van der Waals surface area (Å²) in [5, 5.41) is 0. The molecule has 2 aromatic rings. The van der Waals surface area contributed by atoms with Gasteiger partial charge in [0.15, 0.2) is 11.2 Å². The fourth-order valence-corrected chi connectivity index (χ4v) is 4.10. The van der Waals surface area contributed by atoms with Crippen molar-refractivity contribution in [2.75, 3.05) is 18.0 Å². The van der Waals surface area contributed by atoms with E-state index >= 15 is 0 Å². The van der Waals surface area contributed by atoms with Gasteiger partial charge in [-0.05, 0) is 25.2 Å². The van der Waals surface area contributed by atoms with Crippen LogP contribution in [0.5, 0.6) is 0 Å². The van der Waals surface area contributed by atoms with Gasteiger partial charge in [-0.25, -0.2) is 4.79 Å². The van der Waals surface area contributed by atoms with Crippen LogP contribution in [0.3, 0.4) is 0 Å². The Kier molecular flexibility index (Phi) is 6.39. The van der Waals surface area contributed by atoms with Crippen molar-refractivity contribution < 1.29 is 0 Å². The number of unbranched alkanes of at least 4 members (excludes halogenated alkanes) is 5. The zero-order valence-corrected chi connectivity index (χ0v) is 17.0. The Balaban J connectivity index is 1.92. The summed E-state index contributed by atoms with van der Waals surface area (Å²) >= 11 is 0. The molecule has 7 heteroatoms. The fraction of sp³-hybridized carbons (Fsp3) is 0.750. The van der Waals surface area contributed by atoms with Gasteiger partial charge in [0, 0.05) is 26.7 Å². The topological polar surface area (TPSA) is 75.9 Å². The summed E-state index contributed by atoms with van der Waals surface area (Å²) in [5.41, 5.74) is 0.278. The molecule has 0 unspecified atom stereocenters. The van der Waals surface area contributed by atoms with Crippen molar-refractivity contribution in [3.63, 3.8) is 0 Å². The number of H-pyrrole nitrogens is 1. The molecular weight excluding hydrogens is 342 g/mol. The summed E-state index contributed by atoms with van der Waals surface area (Å²) in [6.45, 7) is 7.15. The van der Waals surface area contributed by atoms with Crippen molar-refractivity contribution in [3.05, 3.63) is 20.8 Å². The highest BCUT2D eigenvalue weighted by molar-refractivity contribution is 5.74. The molecule has 150 valence electrons. The number of fused-ring (bicyclic) bond motifs is 1. The van der Waals surface area contributed by atoms with Crippen LogP contribution in [0.1, 0.15) is 65.2 Å². The molecule has 0 radical (unpaired) electrons. The van der Waals surface area contributed by atoms with Crippen molar-refractivity contribution in [1.82, 2.24) is 19.1 Å². The first-order chi connectivity index (χ1) is 13.0. The number of hydrogen-bond acceptors (Lipinski definition) is 4. The Labute approximate surface area is 160 Å². The van der Waals surface area contributed by atoms with Crippen LogP contribution in [-0.2, 0) is 13.6 Å². The first kappa shape index (κ1) is 19.7. The van der Waals surface area contributed by atoms with Crippen molar-refractivity contribution in [3.8, 4) is 0 Å². The summed E-state index contributed by atoms with van der Waals surface area (Å²) in [5.74, 6) is 1.46. The molecule has 2 aromatic heterocycles. The summed E-state index contributed by atoms with van der Waals surface area (Å²) in [6, 6.07) is 0. The molecule has 1 saturated heterocycles. The Bertz CT molecular complexity index is 879. The van der Waals surface area contributed by atoms with Crippen molar-refractivity contribution in [2.45, 2.75) is 71.8 Å². The normalized spacial score (nSPS) is 17.7. The number of nitrogens with one attached hydrogen (secondary N) is 1. The third-order valence-electron chi connectivity index (χ3n) is 5.66. The van der Waals surface area contributed by atoms with E-state index in [-0.39, 0.29) is 5.56 Å².